The summed E-state index contributed by atoms with van der Waals surface area (Å²) in [6.45, 7) is 5.47. The van der Waals surface area contributed by atoms with Crippen LogP contribution in [0.15, 0.2) is 22.7 Å². The van der Waals surface area contributed by atoms with Gasteiger partial charge in [-0.1, -0.05) is 28.1 Å². The van der Waals surface area contributed by atoms with Gasteiger partial charge in [-0.05, 0) is 56.8 Å². The maximum absolute atomic E-state index is 11.5. The summed E-state index contributed by atoms with van der Waals surface area (Å²) in [5, 5.41) is 9.50. The van der Waals surface area contributed by atoms with Gasteiger partial charge in [0.05, 0.1) is 0 Å². The Bertz CT molecular complexity index is 489. The van der Waals surface area contributed by atoms with Gasteiger partial charge in [-0.25, -0.2) is 0 Å². The number of piperidine rings is 1. The van der Waals surface area contributed by atoms with Gasteiger partial charge in [-0.3, -0.25) is 9.69 Å². The second kappa shape index (κ2) is 5.63. The molecule has 1 aliphatic heterocycles. The minimum atomic E-state index is -0.723. The minimum Gasteiger partial charge on any atom is -0.480 e. The maximum atomic E-state index is 11.5. The van der Waals surface area contributed by atoms with E-state index in [1.807, 2.05) is 13.0 Å². The number of hydrogen-bond acceptors (Lipinski definition) is 2. The molecule has 1 heterocycles. The topological polar surface area (TPSA) is 40.5 Å². The van der Waals surface area contributed by atoms with Gasteiger partial charge in [0.1, 0.15) is 5.54 Å². The third kappa shape index (κ3) is 3.00. The third-order valence-corrected chi connectivity index (χ3v) is 4.99. The van der Waals surface area contributed by atoms with Gasteiger partial charge in [0, 0.05) is 11.0 Å². The Labute approximate surface area is 122 Å². The van der Waals surface area contributed by atoms with Crippen molar-refractivity contribution >= 4 is 21.9 Å². The number of halogens is 1. The lowest BCUT2D eigenvalue weighted by atomic mass is 9.88. The zero-order chi connectivity index (χ0) is 14.0. The molecule has 104 valence electrons. The van der Waals surface area contributed by atoms with E-state index in [9.17, 15) is 9.90 Å². The van der Waals surface area contributed by atoms with Gasteiger partial charge >= 0.3 is 5.97 Å². The first-order valence-electron chi connectivity index (χ1n) is 6.67. The molecular formula is C15H20BrNO2. The molecule has 1 fully saturated rings. The summed E-state index contributed by atoms with van der Waals surface area (Å²) in [4.78, 5) is 13.6. The summed E-state index contributed by atoms with van der Waals surface area (Å²) in [5.74, 6) is -0.707. The first-order valence-corrected chi connectivity index (χ1v) is 7.46. The number of carboxylic acids is 1. The highest BCUT2D eigenvalue weighted by Gasteiger charge is 2.41. The van der Waals surface area contributed by atoms with Crippen LogP contribution in [0.1, 0.15) is 37.3 Å². The first kappa shape index (κ1) is 14.5. The first-order chi connectivity index (χ1) is 8.93. The highest BCUT2D eigenvalue weighted by atomic mass is 79.9. The molecule has 0 bridgehead atoms. The van der Waals surface area contributed by atoms with Crippen LogP contribution in [0.25, 0.3) is 0 Å². The van der Waals surface area contributed by atoms with Crippen LogP contribution in [0, 0.1) is 6.92 Å². The lowest BCUT2D eigenvalue weighted by Gasteiger charge is -2.41. The molecule has 3 nitrogen and oxygen atoms in total. The van der Waals surface area contributed by atoms with Crippen LogP contribution >= 0.6 is 15.9 Å². The molecule has 0 aromatic heterocycles. The Hall–Kier alpha value is -0.870. The third-order valence-electron chi connectivity index (χ3n) is 4.10. The highest BCUT2D eigenvalue weighted by molar-refractivity contribution is 9.10. The van der Waals surface area contributed by atoms with Crippen LogP contribution in [0.2, 0.25) is 0 Å². The number of hydrogen-bond donors (Lipinski definition) is 1. The normalized spacial score (nSPS) is 24.4. The Morgan fingerprint density at radius 3 is 2.84 bits per heavy atom. The van der Waals surface area contributed by atoms with Gasteiger partial charge in [0.15, 0.2) is 0 Å². The van der Waals surface area contributed by atoms with E-state index in [0.29, 0.717) is 6.54 Å². The van der Waals surface area contributed by atoms with E-state index in [4.69, 9.17) is 0 Å². The Balaban J connectivity index is 2.20. The van der Waals surface area contributed by atoms with Crippen molar-refractivity contribution in [2.45, 2.75) is 45.2 Å². The molecular weight excluding hydrogens is 306 g/mol. The largest absolute Gasteiger partial charge is 0.480 e. The second-order valence-corrected chi connectivity index (χ2v) is 6.40. The number of aliphatic carboxylic acids is 1. The molecule has 1 aromatic rings. The maximum Gasteiger partial charge on any atom is 0.323 e. The van der Waals surface area contributed by atoms with Crippen molar-refractivity contribution in [2.24, 2.45) is 0 Å². The molecule has 2 rings (SSSR count). The summed E-state index contributed by atoms with van der Waals surface area (Å²) in [7, 11) is 0. The molecule has 19 heavy (non-hydrogen) atoms. The lowest BCUT2D eigenvalue weighted by Crippen LogP contribution is -2.54. The smallest absolute Gasteiger partial charge is 0.323 e. The summed E-state index contributed by atoms with van der Waals surface area (Å²) in [6.07, 6.45) is 2.81. The fraction of sp³-hybridized carbons (Fsp3) is 0.533. The number of aryl methyl sites for hydroxylation is 1. The average Bonchev–Trinajstić information content (AvgIpc) is 2.36. The van der Waals surface area contributed by atoms with Gasteiger partial charge in [0.2, 0.25) is 0 Å². The van der Waals surface area contributed by atoms with E-state index in [1.54, 1.807) is 0 Å². The van der Waals surface area contributed by atoms with Crippen molar-refractivity contribution in [3.05, 3.63) is 33.8 Å². The predicted molar refractivity (Wildman–Crippen MR) is 79.2 cm³/mol. The second-order valence-electron chi connectivity index (χ2n) is 5.54. The van der Waals surface area contributed by atoms with E-state index >= 15 is 0 Å². The van der Waals surface area contributed by atoms with Crippen molar-refractivity contribution in [1.82, 2.24) is 4.90 Å². The SMILES string of the molecule is Cc1cc(CN2CCCCC2(C)C(=O)O)ccc1Br. The molecule has 1 saturated heterocycles. The van der Waals surface area contributed by atoms with E-state index in [-0.39, 0.29) is 0 Å². The number of likely N-dealkylation sites (tertiary alicyclic amines) is 1. The fourth-order valence-electron chi connectivity index (χ4n) is 2.70. The zero-order valence-electron chi connectivity index (χ0n) is 11.4. The molecule has 0 aliphatic carbocycles. The minimum absolute atomic E-state index is 0.705. The van der Waals surface area contributed by atoms with Crippen LogP contribution in [-0.4, -0.2) is 28.1 Å². The van der Waals surface area contributed by atoms with Crippen molar-refractivity contribution < 1.29 is 9.90 Å². The molecule has 1 unspecified atom stereocenters. The summed E-state index contributed by atoms with van der Waals surface area (Å²) in [5.41, 5.74) is 1.64. The van der Waals surface area contributed by atoms with Crippen molar-refractivity contribution in [3.8, 4) is 0 Å². The number of nitrogens with zero attached hydrogens (tertiary/aromatic N) is 1. The molecule has 0 radical (unpaired) electrons. The summed E-state index contributed by atoms with van der Waals surface area (Å²) < 4.78 is 1.09. The molecule has 0 spiro atoms. The summed E-state index contributed by atoms with van der Waals surface area (Å²) in [6, 6.07) is 6.22. The van der Waals surface area contributed by atoms with Crippen LogP contribution in [0.3, 0.4) is 0 Å². The fourth-order valence-corrected chi connectivity index (χ4v) is 2.94. The van der Waals surface area contributed by atoms with Crippen LogP contribution in [-0.2, 0) is 11.3 Å². The van der Waals surface area contributed by atoms with Crippen LogP contribution in [0.5, 0.6) is 0 Å². The van der Waals surface area contributed by atoms with Gasteiger partial charge < -0.3 is 5.11 Å². The van der Waals surface area contributed by atoms with E-state index < -0.39 is 11.5 Å². The standard InChI is InChI=1S/C15H20BrNO2/c1-11-9-12(5-6-13(11)16)10-17-8-4-3-7-15(17,2)14(18)19/h5-6,9H,3-4,7-8,10H2,1-2H3,(H,18,19). The Kier molecular flexibility index (Phi) is 4.31. The Morgan fingerprint density at radius 2 is 2.21 bits per heavy atom. The van der Waals surface area contributed by atoms with E-state index in [2.05, 4.69) is 39.9 Å². The van der Waals surface area contributed by atoms with Crippen molar-refractivity contribution in [2.75, 3.05) is 6.54 Å². The molecule has 1 N–H and O–H groups in total. The van der Waals surface area contributed by atoms with Crippen LogP contribution in [0.4, 0.5) is 0 Å². The number of carboxylic acid groups (broad SMARTS) is 1. The quantitative estimate of drug-likeness (QED) is 0.923. The van der Waals surface area contributed by atoms with E-state index in [0.717, 1.165) is 30.3 Å². The number of carbonyl (C=O) groups is 1. The van der Waals surface area contributed by atoms with Crippen molar-refractivity contribution in [1.29, 1.82) is 0 Å². The van der Waals surface area contributed by atoms with Gasteiger partial charge in [0.25, 0.3) is 0 Å². The molecule has 0 amide bonds. The number of rotatable bonds is 3. The average molecular weight is 326 g/mol. The molecule has 1 aromatic carbocycles. The highest BCUT2D eigenvalue weighted by Crippen LogP contribution is 2.30. The zero-order valence-corrected chi connectivity index (χ0v) is 13.0. The Morgan fingerprint density at radius 1 is 1.47 bits per heavy atom. The summed E-state index contributed by atoms with van der Waals surface area (Å²) >= 11 is 3.49. The van der Waals surface area contributed by atoms with Crippen molar-refractivity contribution in [3.63, 3.8) is 0 Å². The van der Waals surface area contributed by atoms with E-state index in [1.165, 1.54) is 11.1 Å². The molecule has 4 heteroatoms. The molecule has 0 saturated carbocycles. The van der Waals surface area contributed by atoms with Crippen LogP contribution < -0.4 is 0 Å². The molecule has 1 atom stereocenters. The van der Waals surface area contributed by atoms with Gasteiger partial charge in [-0.15, -0.1) is 0 Å². The monoisotopic (exact) mass is 325 g/mol. The van der Waals surface area contributed by atoms with Gasteiger partial charge in [-0.2, -0.15) is 0 Å². The molecule has 1 aliphatic rings. The number of benzene rings is 1. The predicted octanol–water partition coefficient (Wildman–Crippen LogP) is 3.59. The lowest BCUT2D eigenvalue weighted by molar-refractivity contribution is -0.153.